The molecule has 0 saturated heterocycles. The van der Waals surface area contributed by atoms with Gasteiger partial charge in [0.1, 0.15) is 0 Å². The van der Waals surface area contributed by atoms with Gasteiger partial charge in [-0.3, -0.25) is 0 Å². The second-order valence-corrected chi connectivity index (χ2v) is 3.77. The van der Waals surface area contributed by atoms with Crippen LogP contribution >= 0.6 is 0 Å². The first kappa shape index (κ1) is 12.5. The third kappa shape index (κ3) is 3.52. The molecule has 0 saturated carbocycles. The van der Waals surface area contributed by atoms with E-state index in [0.717, 1.165) is 13.0 Å². The number of nitrogens with zero attached hydrogens (tertiary/aromatic N) is 4. The van der Waals surface area contributed by atoms with Crippen LogP contribution in [0.4, 0.5) is 6.01 Å². The molecule has 0 bridgehead atoms. The van der Waals surface area contributed by atoms with Crippen molar-refractivity contribution in [2.75, 3.05) is 11.9 Å². The summed E-state index contributed by atoms with van der Waals surface area (Å²) in [4.78, 5) is 4.05. The van der Waals surface area contributed by atoms with Crippen LogP contribution in [0.15, 0.2) is 8.94 Å². The van der Waals surface area contributed by atoms with Crippen molar-refractivity contribution in [1.82, 2.24) is 25.7 Å². The SMILES string of the molecule is CCCNCc1nnc(NCc2nc(C)no2)o1. The van der Waals surface area contributed by atoms with Crippen LogP contribution in [0.25, 0.3) is 0 Å². The van der Waals surface area contributed by atoms with Gasteiger partial charge in [-0.15, -0.1) is 5.10 Å². The summed E-state index contributed by atoms with van der Waals surface area (Å²) in [6, 6.07) is 0.346. The highest BCUT2D eigenvalue weighted by Gasteiger charge is 2.07. The van der Waals surface area contributed by atoms with Gasteiger partial charge in [-0.2, -0.15) is 4.98 Å². The minimum absolute atomic E-state index is 0.346. The highest BCUT2D eigenvalue weighted by Crippen LogP contribution is 2.07. The first-order chi connectivity index (χ1) is 8.78. The van der Waals surface area contributed by atoms with Crippen LogP contribution in [0.2, 0.25) is 0 Å². The van der Waals surface area contributed by atoms with Gasteiger partial charge in [-0.1, -0.05) is 17.2 Å². The van der Waals surface area contributed by atoms with Crippen LogP contribution in [0, 0.1) is 6.92 Å². The van der Waals surface area contributed by atoms with Gasteiger partial charge in [-0.05, 0) is 19.9 Å². The zero-order chi connectivity index (χ0) is 12.8. The summed E-state index contributed by atoms with van der Waals surface area (Å²) in [6.45, 7) is 5.72. The standard InChI is InChI=1S/C10H16N6O2/c1-3-4-11-5-9-14-15-10(17-9)12-6-8-13-7(2)16-18-8/h11H,3-6H2,1-2H3,(H,12,15). The largest absolute Gasteiger partial charge is 0.407 e. The van der Waals surface area contributed by atoms with Crippen molar-refractivity contribution < 1.29 is 8.94 Å². The second-order valence-electron chi connectivity index (χ2n) is 3.77. The molecule has 0 aliphatic rings. The van der Waals surface area contributed by atoms with Crippen molar-refractivity contribution in [3.63, 3.8) is 0 Å². The van der Waals surface area contributed by atoms with Crippen molar-refractivity contribution in [1.29, 1.82) is 0 Å². The van der Waals surface area contributed by atoms with E-state index in [1.807, 2.05) is 0 Å². The van der Waals surface area contributed by atoms with E-state index in [-0.39, 0.29) is 0 Å². The molecule has 2 rings (SSSR count). The van der Waals surface area contributed by atoms with E-state index in [4.69, 9.17) is 8.94 Å². The van der Waals surface area contributed by atoms with Crippen LogP contribution in [-0.4, -0.2) is 26.9 Å². The van der Waals surface area contributed by atoms with Gasteiger partial charge in [0.2, 0.25) is 11.8 Å². The molecule has 0 aromatic carbocycles. The summed E-state index contributed by atoms with van der Waals surface area (Å²) in [5.74, 6) is 1.63. The number of rotatable bonds is 7. The predicted octanol–water partition coefficient (Wildman–Crippen LogP) is 0.873. The lowest BCUT2D eigenvalue weighted by Crippen LogP contribution is -2.13. The van der Waals surface area contributed by atoms with Crippen LogP contribution in [0.5, 0.6) is 0 Å². The first-order valence-corrected chi connectivity index (χ1v) is 5.84. The Morgan fingerprint density at radius 2 is 2.06 bits per heavy atom. The summed E-state index contributed by atoms with van der Waals surface area (Å²) in [7, 11) is 0. The second kappa shape index (κ2) is 6.10. The van der Waals surface area contributed by atoms with E-state index in [9.17, 15) is 0 Å². The molecule has 98 valence electrons. The highest BCUT2D eigenvalue weighted by atomic mass is 16.5. The van der Waals surface area contributed by atoms with Crippen molar-refractivity contribution in [3.8, 4) is 0 Å². The topological polar surface area (TPSA) is 102 Å². The smallest absolute Gasteiger partial charge is 0.315 e. The van der Waals surface area contributed by atoms with Gasteiger partial charge < -0.3 is 19.6 Å². The normalized spacial score (nSPS) is 10.8. The summed E-state index contributed by atoms with van der Waals surface area (Å²) in [6.07, 6.45) is 1.07. The molecule has 0 fully saturated rings. The Hall–Kier alpha value is -1.96. The fourth-order valence-corrected chi connectivity index (χ4v) is 1.33. The van der Waals surface area contributed by atoms with Gasteiger partial charge in [0.05, 0.1) is 13.1 Å². The molecule has 2 aromatic heterocycles. The van der Waals surface area contributed by atoms with E-state index >= 15 is 0 Å². The number of aromatic nitrogens is 4. The number of aryl methyl sites for hydroxylation is 1. The lowest BCUT2D eigenvalue weighted by atomic mass is 10.5. The van der Waals surface area contributed by atoms with E-state index in [2.05, 4.69) is 37.9 Å². The van der Waals surface area contributed by atoms with E-state index in [1.54, 1.807) is 6.92 Å². The van der Waals surface area contributed by atoms with Gasteiger partial charge in [0.15, 0.2) is 5.82 Å². The molecule has 8 heteroatoms. The van der Waals surface area contributed by atoms with E-state index in [0.29, 0.717) is 36.7 Å². The molecule has 0 spiro atoms. The van der Waals surface area contributed by atoms with Crippen LogP contribution in [-0.2, 0) is 13.1 Å². The zero-order valence-corrected chi connectivity index (χ0v) is 10.4. The van der Waals surface area contributed by atoms with Gasteiger partial charge in [0, 0.05) is 0 Å². The molecule has 0 unspecified atom stereocenters. The fourth-order valence-electron chi connectivity index (χ4n) is 1.33. The van der Waals surface area contributed by atoms with Crippen molar-refractivity contribution in [2.24, 2.45) is 0 Å². The Labute approximate surface area is 104 Å². The molecule has 2 N–H and O–H groups in total. The molecular weight excluding hydrogens is 236 g/mol. The maximum Gasteiger partial charge on any atom is 0.315 e. The molecule has 0 aliphatic carbocycles. The van der Waals surface area contributed by atoms with Crippen LogP contribution in [0.1, 0.15) is 31.0 Å². The Balaban J connectivity index is 1.79. The minimum atomic E-state index is 0.346. The average molecular weight is 252 g/mol. The monoisotopic (exact) mass is 252 g/mol. The third-order valence-electron chi connectivity index (χ3n) is 2.13. The molecule has 2 heterocycles. The quantitative estimate of drug-likeness (QED) is 0.700. The Kier molecular flexibility index (Phi) is 4.24. The van der Waals surface area contributed by atoms with Crippen molar-refractivity contribution in [2.45, 2.75) is 33.4 Å². The predicted molar refractivity (Wildman–Crippen MR) is 62.7 cm³/mol. The zero-order valence-electron chi connectivity index (χ0n) is 10.4. The molecule has 0 aliphatic heterocycles. The van der Waals surface area contributed by atoms with E-state index < -0.39 is 0 Å². The minimum Gasteiger partial charge on any atom is -0.407 e. The number of nitrogens with one attached hydrogen (secondary N) is 2. The molecule has 0 amide bonds. The molecule has 0 atom stereocenters. The van der Waals surface area contributed by atoms with Crippen molar-refractivity contribution in [3.05, 3.63) is 17.6 Å². The summed E-state index contributed by atoms with van der Waals surface area (Å²) in [5, 5.41) is 17.5. The average Bonchev–Trinajstić information content (AvgIpc) is 2.96. The molecule has 18 heavy (non-hydrogen) atoms. The van der Waals surface area contributed by atoms with E-state index in [1.165, 1.54) is 0 Å². The van der Waals surface area contributed by atoms with Crippen molar-refractivity contribution >= 4 is 6.01 Å². The van der Waals surface area contributed by atoms with Gasteiger partial charge >= 0.3 is 6.01 Å². The Bertz CT molecular complexity index is 480. The van der Waals surface area contributed by atoms with Gasteiger partial charge in [0.25, 0.3) is 0 Å². The molecular formula is C10H16N6O2. The lowest BCUT2D eigenvalue weighted by Gasteiger charge is -1.97. The lowest BCUT2D eigenvalue weighted by molar-refractivity contribution is 0.378. The maximum absolute atomic E-state index is 5.37. The first-order valence-electron chi connectivity index (χ1n) is 5.84. The summed E-state index contributed by atoms with van der Waals surface area (Å²) < 4.78 is 10.3. The third-order valence-corrected chi connectivity index (χ3v) is 2.13. The Morgan fingerprint density at radius 1 is 1.17 bits per heavy atom. The Morgan fingerprint density at radius 3 is 2.78 bits per heavy atom. The number of hydrogen-bond acceptors (Lipinski definition) is 8. The van der Waals surface area contributed by atoms with Crippen LogP contribution in [0.3, 0.4) is 0 Å². The number of anilines is 1. The van der Waals surface area contributed by atoms with Gasteiger partial charge in [-0.25, -0.2) is 0 Å². The summed E-state index contributed by atoms with van der Waals surface area (Å²) >= 11 is 0. The maximum atomic E-state index is 5.37. The van der Waals surface area contributed by atoms with Crippen LogP contribution < -0.4 is 10.6 Å². The molecule has 2 aromatic rings. The number of hydrogen-bond donors (Lipinski definition) is 2. The fraction of sp³-hybridized carbons (Fsp3) is 0.600. The highest BCUT2D eigenvalue weighted by molar-refractivity contribution is 5.17. The summed E-state index contributed by atoms with van der Waals surface area (Å²) in [5.41, 5.74) is 0. The molecule has 8 nitrogen and oxygen atoms in total. The molecule has 0 radical (unpaired) electrons.